The Bertz CT molecular complexity index is 948. The van der Waals surface area contributed by atoms with Crippen molar-refractivity contribution in [3.05, 3.63) is 82.5 Å². The molecule has 6 heteroatoms. The number of nitrogens with one attached hydrogen (secondary N) is 2. The van der Waals surface area contributed by atoms with E-state index in [-0.39, 0.29) is 5.91 Å². The van der Waals surface area contributed by atoms with Crippen molar-refractivity contribution in [3.63, 3.8) is 0 Å². The molecule has 0 saturated carbocycles. The van der Waals surface area contributed by atoms with E-state index in [0.717, 1.165) is 10.2 Å². The van der Waals surface area contributed by atoms with Gasteiger partial charge < -0.3 is 10.6 Å². The van der Waals surface area contributed by atoms with Gasteiger partial charge >= 0.3 is 0 Å². The van der Waals surface area contributed by atoms with Gasteiger partial charge in [-0.1, -0.05) is 28.1 Å². The smallest absolute Gasteiger partial charge is 0.257 e. The number of hydrogen-bond acceptors (Lipinski definition) is 4. The van der Waals surface area contributed by atoms with Gasteiger partial charge in [0.2, 0.25) is 0 Å². The first kappa shape index (κ1) is 16.7. The lowest BCUT2D eigenvalue weighted by Gasteiger charge is -2.08. The molecule has 3 rings (SSSR count). The predicted octanol–water partition coefficient (Wildman–Crippen LogP) is 4.71. The molecule has 2 N–H and O–H groups in total. The van der Waals surface area contributed by atoms with Crippen LogP contribution in [0.15, 0.2) is 71.3 Å². The molecule has 1 aromatic heterocycles. The van der Waals surface area contributed by atoms with Gasteiger partial charge in [0.05, 0.1) is 17.2 Å². The molecule has 1 amide bonds. The Hall–Kier alpha value is -3.17. The molecule has 0 aliphatic rings. The zero-order valence-electron chi connectivity index (χ0n) is 13.0. The zero-order chi connectivity index (χ0) is 17.6. The Morgan fingerprint density at radius 2 is 1.84 bits per heavy atom. The van der Waals surface area contributed by atoms with Gasteiger partial charge in [0, 0.05) is 22.0 Å². The van der Waals surface area contributed by atoms with Crippen molar-refractivity contribution in [1.29, 1.82) is 5.26 Å². The summed E-state index contributed by atoms with van der Waals surface area (Å²) in [4.78, 5) is 16.5. The second-order valence-corrected chi connectivity index (χ2v) is 6.13. The van der Waals surface area contributed by atoms with Gasteiger partial charge in [-0.25, -0.2) is 4.98 Å². The summed E-state index contributed by atoms with van der Waals surface area (Å²) in [6, 6.07) is 20.0. The molecule has 0 spiro atoms. The van der Waals surface area contributed by atoms with Gasteiger partial charge in [-0.15, -0.1) is 0 Å². The van der Waals surface area contributed by atoms with Crippen LogP contribution in [0.1, 0.15) is 15.9 Å². The fourth-order valence-corrected chi connectivity index (χ4v) is 2.59. The maximum absolute atomic E-state index is 12.3. The lowest BCUT2D eigenvalue weighted by atomic mass is 10.2. The Morgan fingerprint density at radius 3 is 2.56 bits per heavy atom. The standard InChI is InChI=1S/C19H13BrN4O/c20-15-4-2-6-17(10-15)24-19(25)14-7-8-18(22-12-14)23-16-5-1-3-13(9-16)11-21/h1-10,12H,(H,22,23)(H,24,25). The van der Waals surface area contributed by atoms with E-state index >= 15 is 0 Å². The van der Waals surface area contributed by atoms with Crippen LogP contribution in [-0.2, 0) is 0 Å². The van der Waals surface area contributed by atoms with Crippen LogP contribution >= 0.6 is 15.9 Å². The third-order valence-corrected chi connectivity index (χ3v) is 3.87. The van der Waals surface area contributed by atoms with E-state index in [4.69, 9.17) is 5.26 Å². The molecule has 0 saturated heterocycles. The largest absolute Gasteiger partial charge is 0.340 e. The van der Waals surface area contributed by atoms with Crippen molar-refractivity contribution in [1.82, 2.24) is 4.98 Å². The van der Waals surface area contributed by atoms with Gasteiger partial charge in [-0.3, -0.25) is 4.79 Å². The quantitative estimate of drug-likeness (QED) is 0.673. The van der Waals surface area contributed by atoms with Crippen LogP contribution in [0, 0.1) is 11.3 Å². The number of carbonyl (C=O) groups is 1. The van der Waals surface area contributed by atoms with Crippen LogP contribution in [0.5, 0.6) is 0 Å². The topological polar surface area (TPSA) is 77.8 Å². The zero-order valence-corrected chi connectivity index (χ0v) is 14.6. The lowest BCUT2D eigenvalue weighted by molar-refractivity contribution is 0.102. The van der Waals surface area contributed by atoms with Crippen LogP contribution in [0.2, 0.25) is 0 Å². The summed E-state index contributed by atoms with van der Waals surface area (Å²) in [6.07, 6.45) is 1.50. The molecular weight excluding hydrogens is 380 g/mol. The molecule has 1 heterocycles. The molecular formula is C19H13BrN4O. The number of pyridine rings is 1. The van der Waals surface area contributed by atoms with E-state index in [9.17, 15) is 4.79 Å². The number of halogens is 1. The van der Waals surface area contributed by atoms with E-state index in [1.165, 1.54) is 6.20 Å². The summed E-state index contributed by atoms with van der Waals surface area (Å²) >= 11 is 3.37. The van der Waals surface area contributed by atoms with Crippen LogP contribution in [0.25, 0.3) is 0 Å². The third-order valence-electron chi connectivity index (χ3n) is 3.37. The normalized spacial score (nSPS) is 9.92. The molecule has 0 bridgehead atoms. The number of benzene rings is 2. The highest BCUT2D eigenvalue weighted by Gasteiger charge is 2.07. The molecule has 0 aliphatic carbocycles. The number of rotatable bonds is 4. The molecule has 122 valence electrons. The van der Waals surface area contributed by atoms with Crippen LogP contribution < -0.4 is 10.6 Å². The maximum Gasteiger partial charge on any atom is 0.257 e. The van der Waals surface area contributed by atoms with Crippen molar-refractivity contribution in [3.8, 4) is 6.07 Å². The minimum atomic E-state index is -0.233. The van der Waals surface area contributed by atoms with Gasteiger partial charge in [0.1, 0.15) is 5.82 Å². The Labute approximate surface area is 153 Å². The van der Waals surface area contributed by atoms with Crippen molar-refractivity contribution in [2.75, 3.05) is 10.6 Å². The average molecular weight is 393 g/mol. The first-order valence-corrected chi connectivity index (χ1v) is 8.23. The van der Waals surface area contributed by atoms with Crippen LogP contribution in [0.3, 0.4) is 0 Å². The highest BCUT2D eigenvalue weighted by atomic mass is 79.9. The van der Waals surface area contributed by atoms with Crippen molar-refractivity contribution < 1.29 is 4.79 Å². The SMILES string of the molecule is N#Cc1cccc(Nc2ccc(C(=O)Nc3cccc(Br)c3)cn2)c1. The first-order chi connectivity index (χ1) is 12.1. The van der Waals surface area contributed by atoms with Gasteiger partial charge in [-0.2, -0.15) is 5.26 Å². The fourth-order valence-electron chi connectivity index (χ4n) is 2.19. The Kier molecular flexibility index (Phi) is 5.07. The first-order valence-electron chi connectivity index (χ1n) is 7.44. The molecule has 0 atom stereocenters. The molecule has 0 unspecified atom stereocenters. The summed E-state index contributed by atoms with van der Waals surface area (Å²) in [6.45, 7) is 0. The molecule has 0 fully saturated rings. The maximum atomic E-state index is 12.3. The van der Waals surface area contributed by atoms with Crippen LogP contribution in [0.4, 0.5) is 17.2 Å². The monoisotopic (exact) mass is 392 g/mol. The summed E-state index contributed by atoms with van der Waals surface area (Å²) in [5.41, 5.74) is 2.49. The average Bonchev–Trinajstić information content (AvgIpc) is 2.62. The van der Waals surface area contributed by atoms with Crippen molar-refractivity contribution in [2.24, 2.45) is 0 Å². The summed E-state index contributed by atoms with van der Waals surface area (Å²) in [7, 11) is 0. The molecule has 0 aliphatic heterocycles. The molecule has 25 heavy (non-hydrogen) atoms. The highest BCUT2D eigenvalue weighted by Crippen LogP contribution is 2.18. The van der Waals surface area contributed by atoms with Crippen molar-refractivity contribution >= 4 is 39.0 Å². The van der Waals surface area contributed by atoms with Crippen LogP contribution in [-0.4, -0.2) is 10.9 Å². The number of nitrogens with zero attached hydrogens (tertiary/aromatic N) is 2. The van der Waals surface area contributed by atoms with Gasteiger partial charge in [0.25, 0.3) is 5.91 Å². The van der Waals surface area contributed by atoms with Gasteiger partial charge in [-0.05, 0) is 48.5 Å². The molecule has 0 radical (unpaired) electrons. The molecule has 5 nitrogen and oxygen atoms in total. The minimum Gasteiger partial charge on any atom is -0.340 e. The van der Waals surface area contributed by atoms with Gasteiger partial charge in [0.15, 0.2) is 0 Å². The predicted molar refractivity (Wildman–Crippen MR) is 101 cm³/mol. The molecule has 2 aromatic carbocycles. The number of amides is 1. The fraction of sp³-hybridized carbons (Fsp3) is 0. The van der Waals surface area contributed by atoms with E-state index in [1.54, 1.807) is 30.3 Å². The second-order valence-electron chi connectivity index (χ2n) is 5.21. The number of anilines is 3. The second kappa shape index (κ2) is 7.60. The number of hydrogen-bond donors (Lipinski definition) is 2. The summed E-state index contributed by atoms with van der Waals surface area (Å²) in [5, 5.41) is 14.8. The third kappa shape index (κ3) is 4.43. The minimum absolute atomic E-state index is 0.233. The summed E-state index contributed by atoms with van der Waals surface area (Å²) in [5.74, 6) is 0.359. The van der Waals surface area contributed by atoms with E-state index < -0.39 is 0 Å². The number of carbonyl (C=O) groups excluding carboxylic acids is 1. The highest BCUT2D eigenvalue weighted by molar-refractivity contribution is 9.10. The van der Waals surface area contributed by atoms with E-state index in [0.29, 0.717) is 22.6 Å². The van der Waals surface area contributed by atoms with E-state index in [1.807, 2.05) is 30.3 Å². The molecule has 3 aromatic rings. The van der Waals surface area contributed by atoms with E-state index in [2.05, 4.69) is 37.6 Å². The lowest BCUT2D eigenvalue weighted by Crippen LogP contribution is -2.12. The van der Waals surface area contributed by atoms with Crippen molar-refractivity contribution in [2.45, 2.75) is 0 Å². The Morgan fingerprint density at radius 1 is 1.04 bits per heavy atom. The number of aromatic nitrogens is 1. The summed E-state index contributed by atoms with van der Waals surface area (Å²) < 4.78 is 0.891. The number of nitriles is 1. The Balaban J connectivity index is 1.69.